The Bertz CT molecular complexity index is 1600. The molecule has 86 heavy (non-hydrogen) atoms. The van der Waals surface area contributed by atoms with E-state index in [4.69, 9.17) is 53.7 Å². The van der Waals surface area contributed by atoms with Crippen LogP contribution in [0.4, 0.5) is 0 Å². The van der Waals surface area contributed by atoms with Crippen LogP contribution in [0.15, 0.2) is 0 Å². The first-order chi connectivity index (χ1) is 41.5. The van der Waals surface area contributed by atoms with Gasteiger partial charge in [0, 0.05) is 228 Å². The van der Waals surface area contributed by atoms with Gasteiger partial charge in [-0.15, -0.1) is 0 Å². The fraction of sp³-hybridized carbons (Fsp3) is 0.950. The third-order valence-corrected chi connectivity index (χ3v) is 15.6. The molecule has 11 aliphatic rings. The molecule has 11 aliphatic heterocycles. The maximum atomic E-state index is 12.0. The van der Waals surface area contributed by atoms with Crippen molar-refractivity contribution in [2.75, 3.05) is 282 Å². The number of esters is 3. The summed E-state index contributed by atoms with van der Waals surface area (Å²) in [6.45, 7) is 49.1. The van der Waals surface area contributed by atoms with Crippen molar-refractivity contribution in [3.63, 3.8) is 0 Å². The van der Waals surface area contributed by atoms with Crippen molar-refractivity contribution in [2.45, 2.75) is 77.8 Å². The normalized spacial score (nSPS) is 20.4. The number of rotatable bonds is 37. The summed E-state index contributed by atoms with van der Waals surface area (Å²) in [6, 6.07) is 0.736. The maximum Gasteiger partial charge on any atom is 0.307 e. The van der Waals surface area contributed by atoms with E-state index in [0.717, 1.165) is 124 Å². The smallest absolute Gasteiger partial charge is 0.307 e. The van der Waals surface area contributed by atoms with Crippen molar-refractivity contribution >= 4 is 17.9 Å². The minimum atomic E-state index is -1.17. The van der Waals surface area contributed by atoms with Gasteiger partial charge in [-0.1, -0.05) is 6.92 Å². The molecule has 0 aromatic carbocycles. The van der Waals surface area contributed by atoms with Gasteiger partial charge < -0.3 is 94.0 Å². The summed E-state index contributed by atoms with van der Waals surface area (Å²) >= 11 is 0. The second-order valence-electron chi connectivity index (χ2n) is 25.2. The summed E-state index contributed by atoms with van der Waals surface area (Å²) in [4.78, 5) is 58.9. The van der Waals surface area contributed by atoms with Crippen molar-refractivity contribution in [3.8, 4) is 0 Å². The van der Waals surface area contributed by atoms with Crippen LogP contribution in [0.3, 0.4) is 0 Å². The number of ether oxygens (including phenoxy) is 3. The standard InChI is InChI=1S/C20H33N3O7.C7H16N2.C6H15N3.2C6H14N2.C5H12N2.C4H10N2.C4H9NO.C2H5N/c24-13-20(14-28-17(25)1-4-21-7-8-21,15-29-18(26)2-5-22-9-10-22)16-30-19(27)3-6-23-11-12-23;1-7(2,3-4-8)9-5-6-9;7-1-2-8-3-4-9-5-6-9;1-6(4-7)5-8-2-3-8;1-6(2-3-7)8-4-5-8;6-2-1-3-7-4-5-7;5-1-2-6-3-4-6;6-4-3-5-1-2-5;1-2-3-1/h24H,1-16H2;3-6,8H2,1-2H3;8H,1-7H2;2*6H,2-5,7H2,1H3;1-6H2;1-5H2;6H,1-4H2;3H,1-2H2. The highest BCUT2D eigenvalue weighted by atomic mass is 16.6. The number of hydrogen-bond donors (Lipinski definition) is 10. The zero-order valence-electron chi connectivity index (χ0n) is 54.6. The van der Waals surface area contributed by atoms with Crippen molar-refractivity contribution < 1.29 is 38.8 Å². The largest absolute Gasteiger partial charge is 0.465 e. The second kappa shape index (κ2) is 46.6. The maximum absolute atomic E-state index is 12.0. The lowest BCUT2D eigenvalue weighted by Gasteiger charge is -2.30. The molecule has 506 valence electrons. The molecule has 16 N–H and O–H groups in total. The van der Waals surface area contributed by atoms with E-state index in [1.54, 1.807) is 0 Å². The van der Waals surface area contributed by atoms with Crippen LogP contribution >= 0.6 is 0 Å². The fourth-order valence-electron chi connectivity index (χ4n) is 7.95. The highest BCUT2D eigenvalue weighted by Gasteiger charge is 2.37. The van der Waals surface area contributed by atoms with Crippen molar-refractivity contribution in [3.05, 3.63) is 0 Å². The van der Waals surface area contributed by atoms with Crippen molar-refractivity contribution in [2.24, 2.45) is 45.7 Å². The lowest BCUT2D eigenvalue weighted by Crippen LogP contribution is -2.42. The molecule has 11 saturated heterocycles. The van der Waals surface area contributed by atoms with E-state index in [9.17, 15) is 19.5 Å². The first kappa shape index (κ1) is 77.9. The molecule has 0 aromatic heterocycles. The molecule has 11 rings (SSSR count). The molecule has 2 atom stereocenters. The summed E-state index contributed by atoms with van der Waals surface area (Å²) in [5.74, 6) is -0.473. The van der Waals surface area contributed by atoms with E-state index in [2.05, 4.69) is 87.3 Å². The van der Waals surface area contributed by atoms with E-state index in [-0.39, 0.29) is 57.0 Å². The Morgan fingerprint density at radius 2 is 0.919 bits per heavy atom. The van der Waals surface area contributed by atoms with E-state index < -0.39 is 12.0 Å². The number of aliphatic hydroxyl groups excluding tert-OH is 2. The van der Waals surface area contributed by atoms with E-state index in [0.29, 0.717) is 37.7 Å². The zero-order chi connectivity index (χ0) is 62.8. The molecule has 11 fully saturated rings. The highest BCUT2D eigenvalue weighted by molar-refractivity contribution is 5.71. The van der Waals surface area contributed by atoms with Gasteiger partial charge in [0.25, 0.3) is 0 Å². The van der Waals surface area contributed by atoms with Gasteiger partial charge in [0.2, 0.25) is 0 Å². The Morgan fingerprint density at radius 3 is 1.22 bits per heavy atom. The first-order valence-corrected chi connectivity index (χ1v) is 33.1. The monoisotopic (exact) mass is 1230 g/mol. The minimum absolute atomic E-state index is 0.179. The van der Waals surface area contributed by atoms with Gasteiger partial charge >= 0.3 is 17.9 Å². The number of nitrogens with zero attached hydrogens (tertiary/aromatic N) is 10. The van der Waals surface area contributed by atoms with Crippen LogP contribution in [0.25, 0.3) is 0 Å². The average molecular weight is 1230 g/mol. The average Bonchev–Trinajstić information content (AvgIpc) is 4.49. The number of nitrogens with two attached hydrogens (primary N) is 6. The molecule has 0 radical (unpaired) electrons. The quantitative estimate of drug-likeness (QED) is 0.0122. The topological polar surface area (TPSA) is 340 Å². The molecule has 2 unspecified atom stereocenters. The molecule has 11 heterocycles. The second-order valence-corrected chi connectivity index (χ2v) is 25.2. The summed E-state index contributed by atoms with van der Waals surface area (Å²) in [7, 11) is 0. The van der Waals surface area contributed by atoms with Crippen LogP contribution in [0.2, 0.25) is 0 Å². The van der Waals surface area contributed by atoms with Gasteiger partial charge in [0.05, 0.1) is 37.9 Å². The van der Waals surface area contributed by atoms with Crippen molar-refractivity contribution in [1.82, 2.24) is 59.6 Å². The van der Waals surface area contributed by atoms with Crippen LogP contribution in [-0.2, 0) is 28.6 Å². The first-order valence-electron chi connectivity index (χ1n) is 33.1. The molecule has 0 aliphatic carbocycles. The molecule has 0 spiro atoms. The van der Waals surface area contributed by atoms with Crippen LogP contribution in [0.1, 0.15) is 66.2 Å². The molecule has 0 aromatic rings. The Morgan fingerprint density at radius 1 is 0.500 bits per heavy atom. The minimum Gasteiger partial charge on any atom is -0.465 e. The van der Waals surface area contributed by atoms with E-state index >= 15 is 0 Å². The van der Waals surface area contributed by atoms with Crippen molar-refractivity contribution in [1.29, 1.82) is 0 Å². The van der Waals surface area contributed by atoms with Crippen LogP contribution in [0, 0.1) is 11.3 Å². The third-order valence-electron chi connectivity index (χ3n) is 15.6. The molecular formula is C60H128N18O8. The Labute approximate surface area is 519 Å². The Kier molecular flexibility index (Phi) is 42.2. The number of carbonyl (C=O) groups is 3. The lowest BCUT2D eigenvalue weighted by molar-refractivity contribution is -0.165. The van der Waals surface area contributed by atoms with Crippen LogP contribution in [-0.4, -0.2) is 370 Å². The highest BCUT2D eigenvalue weighted by Crippen LogP contribution is 2.24. The predicted molar refractivity (Wildman–Crippen MR) is 345 cm³/mol. The zero-order valence-corrected chi connectivity index (χ0v) is 54.6. The number of nitrogens with one attached hydrogen (secondary N) is 2. The summed E-state index contributed by atoms with van der Waals surface area (Å²) in [5.41, 5.74) is 31.2. The predicted octanol–water partition coefficient (Wildman–Crippen LogP) is -4.28. The molecule has 0 saturated carbocycles. The molecule has 26 nitrogen and oxygen atoms in total. The molecular weight excluding hydrogens is 1100 g/mol. The number of hydrogen-bond acceptors (Lipinski definition) is 26. The molecule has 0 amide bonds. The van der Waals surface area contributed by atoms with Gasteiger partial charge in [-0.2, -0.15) is 0 Å². The lowest BCUT2D eigenvalue weighted by atomic mass is 9.92. The SMILES string of the molecule is C1CN1.CC(C)(CCN)N1CC1.CC(CCN)N1CC1.CC(CN)CN1CC1.NCCCN1CC1.NCCN1CC1.NCCNCCN1CC1.O=C(CCN1CC1)OCC(CO)(COC(=O)CCN1CC1)COC(=O)CCN1CC1.OCCN1CC1. The van der Waals surface area contributed by atoms with Crippen LogP contribution < -0.4 is 45.0 Å². The van der Waals surface area contributed by atoms with Gasteiger partial charge in [-0.05, 0) is 78.7 Å². The van der Waals surface area contributed by atoms with Gasteiger partial charge in [0.15, 0.2) is 0 Å². The molecule has 0 bridgehead atoms. The summed E-state index contributed by atoms with van der Waals surface area (Å²) in [5, 5.41) is 24.5. The fourth-order valence-corrected chi connectivity index (χ4v) is 7.95. The van der Waals surface area contributed by atoms with Gasteiger partial charge in [0.1, 0.15) is 19.8 Å². The Balaban J connectivity index is 0.000000283. The number of carbonyl (C=O) groups excluding carboxylic acids is 3. The van der Waals surface area contributed by atoms with Crippen LogP contribution in [0.5, 0.6) is 0 Å². The van der Waals surface area contributed by atoms with Gasteiger partial charge in [-0.3, -0.25) is 38.9 Å². The van der Waals surface area contributed by atoms with E-state index in [1.165, 1.54) is 131 Å². The summed E-state index contributed by atoms with van der Waals surface area (Å²) < 4.78 is 16.0. The summed E-state index contributed by atoms with van der Waals surface area (Å²) in [6.07, 6.45) is 4.21. The Hall–Kier alpha value is -2.39. The number of aliphatic hydroxyl groups is 2. The number of β-amino-alcohol motifs (C(OH)–C–C–N with tert-alkyl or cyclic N) is 1. The van der Waals surface area contributed by atoms with E-state index in [1.807, 2.05) is 0 Å². The van der Waals surface area contributed by atoms with Gasteiger partial charge in [-0.25, -0.2) is 0 Å². The molecule has 26 heteroatoms. The third kappa shape index (κ3) is 49.4.